The molecule has 0 spiro atoms. The van der Waals surface area contributed by atoms with Crippen LogP contribution in [0, 0.1) is 0 Å². The molecule has 0 radical (unpaired) electrons. The van der Waals surface area contributed by atoms with Crippen LogP contribution in [0.2, 0.25) is 0 Å². The van der Waals surface area contributed by atoms with Crippen molar-refractivity contribution < 1.29 is 9.59 Å². The van der Waals surface area contributed by atoms with Gasteiger partial charge in [-0.05, 0) is 69.7 Å². The van der Waals surface area contributed by atoms with Crippen molar-refractivity contribution in [3.8, 4) is 0 Å². The molecule has 0 saturated heterocycles. The van der Waals surface area contributed by atoms with Crippen LogP contribution in [-0.4, -0.2) is 36.8 Å². The Hall–Kier alpha value is -3.96. The molecule has 0 fully saturated rings. The number of allylic oxidation sites excluding steroid dienone is 5. The van der Waals surface area contributed by atoms with Crippen molar-refractivity contribution in [1.29, 1.82) is 0 Å². The average Bonchev–Trinajstić information content (AvgIpc) is 3.75. The highest BCUT2D eigenvalue weighted by Gasteiger charge is 2.24. The van der Waals surface area contributed by atoms with Crippen molar-refractivity contribution in [1.82, 2.24) is 25.0 Å². The van der Waals surface area contributed by atoms with Gasteiger partial charge >= 0.3 is 0 Å². The zero-order valence-electron chi connectivity index (χ0n) is 27.2. The number of para-hydroxylation sites is 1. The molecule has 4 rings (SSSR count). The van der Waals surface area contributed by atoms with Gasteiger partial charge in [-0.1, -0.05) is 78.5 Å². The Morgan fingerprint density at radius 1 is 0.911 bits per heavy atom. The van der Waals surface area contributed by atoms with Crippen LogP contribution in [0.15, 0.2) is 65.4 Å². The van der Waals surface area contributed by atoms with Gasteiger partial charge in [-0.3, -0.25) is 9.59 Å². The Kier molecular flexibility index (Phi) is 12.0. The number of nitrogens with one attached hydrogen (secondary N) is 2. The van der Waals surface area contributed by atoms with Crippen molar-refractivity contribution in [2.75, 3.05) is 10.6 Å². The van der Waals surface area contributed by atoms with Crippen LogP contribution >= 0.6 is 22.7 Å². The Morgan fingerprint density at radius 3 is 2.07 bits per heavy atom. The predicted molar refractivity (Wildman–Crippen MR) is 186 cm³/mol. The fraction of sp³-hybridized carbons (Fsp3) is 0.412. The molecule has 0 bridgehead atoms. The van der Waals surface area contributed by atoms with Crippen LogP contribution in [0.4, 0.5) is 10.3 Å². The molecule has 238 valence electrons. The first-order valence-electron chi connectivity index (χ1n) is 15.4. The normalized spacial score (nSPS) is 13.3. The minimum atomic E-state index is -0.113. The molecule has 0 aliphatic rings. The van der Waals surface area contributed by atoms with Gasteiger partial charge in [0.05, 0.1) is 12.8 Å². The molecule has 2 unspecified atom stereocenters. The number of aromatic nitrogens is 5. The number of nitrogens with zero attached hydrogens (tertiary/aromatic N) is 5. The van der Waals surface area contributed by atoms with E-state index in [1.165, 1.54) is 22.7 Å². The summed E-state index contributed by atoms with van der Waals surface area (Å²) in [5, 5.41) is 27.2. The van der Waals surface area contributed by atoms with Crippen LogP contribution in [0.25, 0.3) is 10.9 Å². The first kappa shape index (κ1) is 33.9. The monoisotopic (exact) mass is 645 g/mol. The van der Waals surface area contributed by atoms with Crippen LogP contribution in [0.5, 0.6) is 0 Å². The van der Waals surface area contributed by atoms with Crippen molar-refractivity contribution in [2.45, 2.75) is 85.5 Å². The summed E-state index contributed by atoms with van der Waals surface area (Å²) in [6.07, 6.45) is 11.1. The highest BCUT2D eigenvalue weighted by molar-refractivity contribution is 7.15. The van der Waals surface area contributed by atoms with E-state index in [1.54, 1.807) is 0 Å². The largest absolute Gasteiger partial charge is 0.350 e. The fourth-order valence-electron chi connectivity index (χ4n) is 5.48. The van der Waals surface area contributed by atoms with Gasteiger partial charge in [0.2, 0.25) is 22.1 Å². The zero-order valence-corrected chi connectivity index (χ0v) is 28.8. The van der Waals surface area contributed by atoms with Crippen LogP contribution in [0.3, 0.4) is 0 Å². The third-order valence-corrected chi connectivity index (χ3v) is 9.88. The molecular formula is C34H43N7O2S2. The van der Waals surface area contributed by atoms with E-state index >= 15 is 0 Å². The molecule has 0 aliphatic carbocycles. The lowest BCUT2D eigenvalue weighted by atomic mass is 9.91. The number of anilines is 2. The minimum absolute atomic E-state index is 0.113. The molecule has 9 nitrogen and oxygen atoms in total. The minimum Gasteiger partial charge on any atom is -0.350 e. The molecule has 45 heavy (non-hydrogen) atoms. The van der Waals surface area contributed by atoms with Crippen molar-refractivity contribution in [3.05, 3.63) is 81.0 Å². The lowest BCUT2D eigenvalue weighted by molar-refractivity contribution is -0.116. The maximum atomic E-state index is 12.9. The Morgan fingerprint density at radius 2 is 1.51 bits per heavy atom. The van der Waals surface area contributed by atoms with E-state index in [-0.39, 0.29) is 36.5 Å². The van der Waals surface area contributed by atoms with Gasteiger partial charge in [-0.2, -0.15) is 0 Å². The molecule has 1 aromatic carbocycles. The van der Waals surface area contributed by atoms with Gasteiger partial charge < -0.3 is 15.2 Å². The zero-order chi connectivity index (χ0) is 32.5. The molecule has 0 aliphatic heterocycles. The molecule has 2 N–H and O–H groups in total. The van der Waals surface area contributed by atoms with E-state index in [0.29, 0.717) is 10.3 Å². The van der Waals surface area contributed by atoms with Gasteiger partial charge in [0.1, 0.15) is 10.0 Å². The Bertz CT molecular complexity index is 1720. The molecule has 4 aromatic rings. The Balaban J connectivity index is 1.37. The van der Waals surface area contributed by atoms with Crippen LogP contribution in [-0.2, 0) is 23.1 Å². The smallest absolute Gasteiger partial charge is 0.230 e. The maximum Gasteiger partial charge on any atom is 0.230 e. The van der Waals surface area contributed by atoms with E-state index in [2.05, 4.69) is 44.9 Å². The summed E-state index contributed by atoms with van der Waals surface area (Å²) in [5.74, 6) is 0.0868. The second-order valence-electron chi connectivity index (χ2n) is 11.3. The number of amides is 2. The third-order valence-electron chi connectivity index (χ3n) is 7.87. The average molecular weight is 646 g/mol. The highest BCUT2D eigenvalue weighted by Crippen LogP contribution is 2.38. The van der Waals surface area contributed by atoms with E-state index in [9.17, 15) is 9.59 Å². The maximum absolute atomic E-state index is 12.9. The van der Waals surface area contributed by atoms with Gasteiger partial charge in [0.15, 0.2) is 0 Å². The fourth-order valence-corrected chi connectivity index (χ4v) is 7.39. The lowest BCUT2D eigenvalue weighted by Gasteiger charge is -2.17. The highest BCUT2D eigenvalue weighted by atomic mass is 32.1. The summed E-state index contributed by atoms with van der Waals surface area (Å²) < 4.78 is 2.04. The summed E-state index contributed by atoms with van der Waals surface area (Å²) >= 11 is 2.85. The number of fused-ring (bicyclic) bond motifs is 1. The van der Waals surface area contributed by atoms with Gasteiger partial charge in [0.25, 0.3) is 0 Å². The Labute approximate surface area is 273 Å². The molecule has 2 amide bonds. The van der Waals surface area contributed by atoms with E-state index in [4.69, 9.17) is 0 Å². The number of benzene rings is 1. The number of hydrogen-bond donors (Lipinski definition) is 2. The summed E-state index contributed by atoms with van der Waals surface area (Å²) in [4.78, 5) is 25.8. The second-order valence-corrected chi connectivity index (χ2v) is 13.3. The second kappa shape index (κ2) is 15.9. The summed E-state index contributed by atoms with van der Waals surface area (Å²) in [7, 11) is 1.99. The molecule has 0 saturated carbocycles. The van der Waals surface area contributed by atoms with Gasteiger partial charge in [-0.25, -0.2) is 0 Å². The van der Waals surface area contributed by atoms with Crippen LogP contribution in [0.1, 0.15) is 94.6 Å². The number of rotatable bonds is 14. The number of aryl methyl sites for hydroxylation is 1. The number of carbonyl (C=O) groups is 2. The van der Waals surface area contributed by atoms with Crippen molar-refractivity contribution >= 4 is 55.7 Å². The number of hydrogen-bond acceptors (Lipinski definition) is 8. The summed E-state index contributed by atoms with van der Waals surface area (Å²) in [5.41, 5.74) is 5.30. The molecule has 3 heterocycles. The van der Waals surface area contributed by atoms with Crippen molar-refractivity contribution in [3.63, 3.8) is 0 Å². The van der Waals surface area contributed by atoms with Crippen molar-refractivity contribution in [2.24, 2.45) is 7.05 Å². The van der Waals surface area contributed by atoms with E-state index < -0.39 is 0 Å². The van der Waals surface area contributed by atoms with Gasteiger partial charge in [0, 0.05) is 36.0 Å². The quantitative estimate of drug-likeness (QED) is 0.133. The molecular weight excluding hydrogens is 603 g/mol. The first-order valence-corrected chi connectivity index (χ1v) is 17.1. The van der Waals surface area contributed by atoms with Gasteiger partial charge in [-0.15, -0.1) is 20.4 Å². The lowest BCUT2D eigenvalue weighted by Crippen LogP contribution is -2.14. The third kappa shape index (κ3) is 8.61. The SMILES string of the molecule is CC=CC(C(=CC)CC(=O)Nc1nnc(C(CC)CC(CC)c2nnc(NC(=O)Cc3cn(C)c4ccccc34)s2)s1)=C(C)C. The molecule has 3 aromatic heterocycles. The standard InChI is InChI=1S/C34H43N7O2S2/c1-8-14-26(21(5)6)22(9-2)18-29(42)35-33-39-37-31(44-33)23(10-3)17-24(11-4)32-38-40-34(45-32)36-30(43)19-25-20-41(7)28-16-13-12-15-27(25)28/h8-9,12-16,20,23-24H,10-11,17-19H2,1-7H3,(H,35,39,42)(H,36,40,43). The number of carbonyl (C=O) groups excluding carboxylic acids is 2. The van der Waals surface area contributed by atoms with E-state index in [0.717, 1.165) is 62.5 Å². The summed E-state index contributed by atoms with van der Waals surface area (Å²) in [6, 6.07) is 8.08. The molecule has 2 atom stereocenters. The predicted octanol–water partition coefficient (Wildman–Crippen LogP) is 8.33. The molecule has 11 heteroatoms. The van der Waals surface area contributed by atoms with Crippen LogP contribution < -0.4 is 10.6 Å². The summed E-state index contributed by atoms with van der Waals surface area (Å²) in [6.45, 7) is 12.3. The topological polar surface area (TPSA) is 115 Å². The van der Waals surface area contributed by atoms with E-state index in [1.807, 2.05) is 88.0 Å². The first-order chi connectivity index (χ1) is 21.7.